The molecule has 29 heavy (non-hydrogen) atoms. The standard InChI is InChI=1S/C22H25N3O2S2/c1-5-22(6-2,15-10-11-20-19(12-15)24-14(3)28-20)17-13-23-21-16(17)8-7-9-18(21)25-29(4,26)27/h7-13,23,25H,5-6H2,1-4H3. The van der Waals surface area contributed by atoms with Crippen molar-refractivity contribution in [3.8, 4) is 0 Å². The topological polar surface area (TPSA) is 74.8 Å². The molecule has 0 radical (unpaired) electrons. The summed E-state index contributed by atoms with van der Waals surface area (Å²) in [6, 6.07) is 12.3. The minimum absolute atomic E-state index is 0.187. The average molecular weight is 428 g/mol. The smallest absolute Gasteiger partial charge is 0.229 e. The maximum absolute atomic E-state index is 11.8. The van der Waals surface area contributed by atoms with Crippen LogP contribution in [0.2, 0.25) is 0 Å². The van der Waals surface area contributed by atoms with Crippen molar-refractivity contribution in [1.29, 1.82) is 0 Å². The van der Waals surface area contributed by atoms with Crippen LogP contribution >= 0.6 is 11.3 Å². The van der Waals surface area contributed by atoms with Crippen molar-refractivity contribution in [2.24, 2.45) is 0 Å². The number of sulfonamides is 1. The van der Waals surface area contributed by atoms with E-state index in [-0.39, 0.29) is 5.41 Å². The number of fused-ring (bicyclic) bond motifs is 2. The number of para-hydroxylation sites is 1. The van der Waals surface area contributed by atoms with Gasteiger partial charge in [0.25, 0.3) is 0 Å². The first-order valence-electron chi connectivity index (χ1n) is 9.73. The van der Waals surface area contributed by atoms with Crippen LogP contribution in [0.5, 0.6) is 0 Å². The average Bonchev–Trinajstić information content (AvgIpc) is 3.26. The highest BCUT2D eigenvalue weighted by Gasteiger charge is 2.33. The SMILES string of the molecule is CCC(CC)(c1ccc2sc(C)nc2c1)c1c[nH]c2c(NS(C)(=O)=O)cccc12. The van der Waals surface area contributed by atoms with E-state index in [1.165, 1.54) is 22.1 Å². The van der Waals surface area contributed by atoms with Crippen LogP contribution in [0.25, 0.3) is 21.1 Å². The van der Waals surface area contributed by atoms with Gasteiger partial charge in [-0.15, -0.1) is 11.3 Å². The Hall–Kier alpha value is -2.38. The van der Waals surface area contributed by atoms with Gasteiger partial charge in [-0.3, -0.25) is 4.72 Å². The summed E-state index contributed by atoms with van der Waals surface area (Å²) in [6.07, 6.45) is 5.05. The van der Waals surface area contributed by atoms with Crippen LogP contribution in [0.1, 0.15) is 42.8 Å². The Kier molecular flexibility index (Phi) is 4.91. The minimum atomic E-state index is -3.36. The Bertz CT molecular complexity index is 1300. The normalized spacial score (nSPS) is 12.7. The van der Waals surface area contributed by atoms with Gasteiger partial charge in [-0.1, -0.05) is 32.0 Å². The van der Waals surface area contributed by atoms with Crippen molar-refractivity contribution in [2.75, 3.05) is 11.0 Å². The lowest BCUT2D eigenvalue weighted by atomic mass is 9.70. The highest BCUT2D eigenvalue weighted by molar-refractivity contribution is 7.92. The van der Waals surface area contributed by atoms with Crippen molar-refractivity contribution in [1.82, 2.24) is 9.97 Å². The molecule has 0 bridgehead atoms. The summed E-state index contributed by atoms with van der Waals surface area (Å²) in [5, 5.41) is 2.11. The fraction of sp³-hybridized carbons (Fsp3) is 0.318. The summed E-state index contributed by atoms with van der Waals surface area (Å²) in [5.41, 5.74) is 4.65. The van der Waals surface area contributed by atoms with E-state index in [9.17, 15) is 8.42 Å². The summed E-state index contributed by atoms with van der Waals surface area (Å²) in [6.45, 7) is 6.45. The lowest BCUT2D eigenvalue weighted by molar-refractivity contribution is 0.482. The summed E-state index contributed by atoms with van der Waals surface area (Å²) in [7, 11) is -3.36. The van der Waals surface area contributed by atoms with Gasteiger partial charge in [-0.25, -0.2) is 13.4 Å². The van der Waals surface area contributed by atoms with Gasteiger partial charge < -0.3 is 4.98 Å². The molecule has 0 saturated carbocycles. The summed E-state index contributed by atoms with van der Waals surface area (Å²) < 4.78 is 27.4. The highest BCUT2D eigenvalue weighted by Crippen LogP contribution is 2.44. The molecule has 5 nitrogen and oxygen atoms in total. The molecule has 0 atom stereocenters. The molecule has 2 N–H and O–H groups in total. The van der Waals surface area contributed by atoms with E-state index in [1.54, 1.807) is 17.4 Å². The third-order valence-corrected chi connectivity index (χ3v) is 7.32. The number of aryl methyl sites for hydroxylation is 1. The predicted molar refractivity (Wildman–Crippen MR) is 122 cm³/mol. The summed E-state index contributed by atoms with van der Waals surface area (Å²) in [4.78, 5) is 8.01. The first-order chi connectivity index (χ1) is 13.8. The molecule has 2 heterocycles. The van der Waals surface area contributed by atoms with E-state index >= 15 is 0 Å². The number of anilines is 1. The lowest BCUT2D eigenvalue weighted by Gasteiger charge is -2.32. The molecule has 4 rings (SSSR count). The number of hydrogen-bond donors (Lipinski definition) is 2. The molecule has 0 aliphatic heterocycles. The van der Waals surface area contributed by atoms with Crippen molar-refractivity contribution in [2.45, 2.75) is 39.0 Å². The van der Waals surface area contributed by atoms with Gasteiger partial charge >= 0.3 is 0 Å². The van der Waals surface area contributed by atoms with Gasteiger partial charge in [0, 0.05) is 17.0 Å². The number of aromatic amines is 1. The fourth-order valence-electron chi connectivity index (χ4n) is 4.37. The Morgan fingerprint density at radius 2 is 1.93 bits per heavy atom. The molecular formula is C22H25N3O2S2. The number of hydrogen-bond acceptors (Lipinski definition) is 4. The molecular weight excluding hydrogens is 402 g/mol. The summed E-state index contributed by atoms with van der Waals surface area (Å²) >= 11 is 1.71. The van der Waals surface area contributed by atoms with Gasteiger partial charge in [0.15, 0.2) is 0 Å². The van der Waals surface area contributed by atoms with E-state index in [2.05, 4.69) is 52.8 Å². The Labute approximate surface area is 175 Å². The molecule has 0 aliphatic rings. The van der Waals surface area contributed by atoms with E-state index in [0.29, 0.717) is 5.69 Å². The maximum atomic E-state index is 11.8. The number of thiazole rings is 1. The molecule has 4 aromatic rings. The van der Waals surface area contributed by atoms with Crippen molar-refractivity contribution < 1.29 is 8.42 Å². The second kappa shape index (κ2) is 7.15. The molecule has 2 aromatic heterocycles. The first kappa shape index (κ1) is 19.9. The molecule has 0 amide bonds. The Morgan fingerprint density at radius 3 is 2.62 bits per heavy atom. The first-order valence-corrected chi connectivity index (χ1v) is 12.4. The van der Waals surface area contributed by atoms with Crippen LogP contribution in [-0.2, 0) is 15.4 Å². The Morgan fingerprint density at radius 1 is 1.17 bits per heavy atom. The molecule has 7 heteroatoms. The molecule has 0 spiro atoms. The van der Waals surface area contributed by atoms with Crippen LogP contribution in [0.3, 0.4) is 0 Å². The third-order valence-electron chi connectivity index (χ3n) is 5.78. The van der Waals surface area contributed by atoms with Crippen molar-refractivity contribution in [3.05, 3.63) is 58.7 Å². The number of aromatic nitrogens is 2. The van der Waals surface area contributed by atoms with Crippen molar-refractivity contribution >= 4 is 48.2 Å². The molecule has 0 unspecified atom stereocenters. The number of H-pyrrole nitrogens is 1. The van der Waals surface area contributed by atoms with E-state index in [4.69, 9.17) is 0 Å². The molecule has 2 aromatic carbocycles. The second-order valence-electron chi connectivity index (χ2n) is 7.51. The Balaban J connectivity index is 1.92. The van der Waals surface area contributed by atoms with Crippen LogP contribution in [0.15, 0.2) is 42.6 Å². The lowest BCUT2D eigenvalue weighted by Crippen LogP contribution is -2.25. The predicted octanol–water partition coefficient (Wildman–Crippen LogP) is 5.56. The van der Waals surface area contributed by atoms with Crippen LogP contribution in [0.4, 0.5) is 5.69 Å². The van der Waals surface area contributed by atoms with Gasteiger partial charge in [0.1, 0.15) is 0 Å². The largest absolute Gasteiger partial charge is 0.359 e. The molecule has 0 fully saturated rings. The molecule has 0 saturated heterocycles. The van der Waals surface area contributed by atoms with Gasteiger partial charge in [0.2, 0.25) is 10.0 Å². The zero-order chi connectivity index (χ0) is 20.8. The number of benzene rings is 2. The van der Waals surface area contributed by atoms with Crippen LogP contribution in [0, 0.1) is 6.92 Å². The fourth-order valence-corrected chi connectivity index (χ4v) is 5.75. The quantitative estimate of drug-likeness (QED) is 0.423. The minimum Gasteiger partial charge on any atom is -0.359 e. The van der Waals surface area contributed by atoms with E-state index < -0.39 is 10.0 Å². The van der Waals surface area contributed by atoms with Crippen LogP contribution < -0.4 is 4.72 Å². The zero-order valence-corrected chi connectivity index (χ0v) is 18.7. The van der Waals surface area contributed by atoms with E-state index in [1.807, 2.05) is 19.2 Å². The van der Waals surface area contributed by atoms with Gasteiger partial charge in [-0.05, 0) is 49.1 Å². The van der Waals surface area contributed by atoms with Gasteiger partial charge in [-0.2, -0.15) is 0 Å². The van der Waals surface area contributed by atoms with Crippen LogP contribution in [-0.4, -0.2) is 24.6 Å². The summed E-state index contributed by atoms with van der Waals surface area (Å²) in [5.74, 6) is 0. The molecule has 152 valence electrons. The molecule has 0 aliphatic carbocycles. The number of nitrogens with zero attached hydrogens (tertiary/aromatic N) is 1. The highest BCUT2D eigenvalue weighted by atomic mass is 32.2. The third kappa shape index (κ3) is 3.42. The van der Waals surface area contributed by atoms with Crippen molar-refractivity contribution in [3.63, 3.8) is 0 Å². The second-order valence-corrected chi connectivity index (χ2v) is 10.5. The zero-order valence-electron chi connectivity index (χ0n) is 17.0. The van der Waals surface area contributed by atoms with Gasteiger partial charge in [0.05, 0.1) is 32.7 Å². The number of rotatable bonds is 6. The maximum Gasteiger partial charge on any atom is 0.229 e. The number of nitrogens with one attached hydrogen (secondary N) is 2. The van der Waals surface area contributed by atoms with E-state index in [0.717, 1.165) is 34.3 Å². The monoisotopic (exact) mass is 427 g/mol.